The third kappa shape index (κ3) is 2.57. The van der Waals surface area contributed by atoms with Gasteiger partial charge in [-0.05, 0) is 12.8 Å². The second kappa shape index (κ2) is 4.73. The molecule has 2 N–H and O–H groups in total. The molecule has 2 atom stereocenters. The molecule has 0 aromatic heterocycles. The van der Waals surface area contributed by atoms with Crippen molar-refractivity contribution in [3.05, 3.63) is 0 Å². The molecule has 2 fully saturated rings. The Hall–Kier alpha value is -1.59. The van der Waals surface area contributed by atoms with Gasteiger partial charge in [0.2, 0.25) is 11.8 Å². The fourth-order valence-corrected chi connectivity index (χ4v) is 2.55. The minimum atomic E-state index is -0.879. The molecular formula is C11H16N2O4. The Balaban J connectivity index is 1.98. The summed E-state index contributed by atoms with van der Waals surface area (Å²) >= 11 is 0. The monoisotopic (exact) mass is 240 g/mol. The van der Waals surface area contributed by atoms with E-state index >= 15 is 0 Å². The van der Waals surface area contributed by atoms with E-state index in [9.17, 15) is 14.4 Å². The van der Waals surface area contributed by atoms with Crippen LogP contribution < -0.4 is 5.32 Å². The first-order valence-corrected chi connectivity index (χ1v) is 5.87. The summed E-state index contributed by atoms with van der Waals surface area (Å²) in [5.74, 6) is -1.36. The normalized spacial score (nSPS) is 28.2. The predicted octanol–water partition coefficient (Wildman–Crippen LogP) is -0.412. The number of nitrogens with zero attached hydrogens (tertiary/aromatic N) is 1. The van der Waals surface area contributed by atoms with Crippen LogP contribution in [0.25, 0.3) is 0 Å². The number of carbonyl (C=O) groups is 3. The molecule has 2 aliphatic rings. The Morgan fingerprint density at radius 3 is 2.82 bits per heavy atom. The van der Waals surface area contributed by atoms with Crippen LogP contribution in [0.5, 0.6) is 0 Å². The Labute approximate surface area is 99.0 Å². The molecular weight excluding hydrogens is 224 g/mol. The lowest BCUT2D eigenvalue weighted by Crippen LogP contribution is -2.41. The van der Waals surface area contributed by atoms with Crippen LogP contribution in [-0.2, 0) is 14.4 Å². The maximum atomic E-state index is 12.1. The molecule has 0 aliphatic carbocycles. The van der Waals surface area contributed by atoms with Crippen LogP contribution in [0.2, 0.25) is 0 Å². The third-order valence-electron chi connectivity index (χ3n) is 3.40. The zero-order valence-electron chi connectivity index (χ0n) is 9.52. The number of hydrogen-bond acceptors (Lipinski definition) is 3. The number of hydrogen-bond donors (Lipinski definition) is 2. The van der Waals surface area contributed by atoms with Gasteiger partial charge in [0.1, 0.15) is 0 Å². The van der Waals surface area contributed by atoms with E-state index in [2.05, 4.69) is 5.32 Å². The first-order chi connectivity index (χ1) is 8.08. The number of likely N-dealkylation sites (tertiary alicyclic amines) is 1. The summed E-state index contributed by atoms with van der Waals surface area (Å²) in [6, 6.07) is -0.198. The molecule has 17 heavy (non-hydrogen) atoms. The summed E-state index contributed by atoms with van der Waals surface area (Å²) in [4.78, 5) is 35.5. The van der Waals surface area contributed by atoms with Gasteiger partial charge in [-0.25, -0.2) is 0 Å². The van der Waals surface area contributed by atoms with Crippen molar-refractivity contribution in [2.45, 2.75) is 31.7 Å². The summed E-state index contributed by atoms with van der Waals surface area (Å²) in [7, 11) is 0. The molecule has 2 aliphatic heterocycles. The van der Waals surface area contributed by atoms with Gasteiger partial charge in [0.05, 0.1) is 12.3 Å². The molecule has 6 heteroatoms. The smallest absolute Gasteiger partial charge is 0.305 e. The zero-order valence-corrected chi connectivity index (χ0v) is 9.52. The minimum Gasteiger partial charge on any atom is -0.481 e. The molecule has 0 saturated carbocycles. The van der Waals surface area contributed by atoms with Crippen LogP contribution in [0.4, 0.5) is 0 Å². The van der Waals surface area contributed by atoms with Crippen LogP contribution >= 0.6 is 0 Å². The molecule has 0 spiro atoms. The number of amides is 2. The second-order valence-electron chi connectivity index (χ2n) is 4.63. The topological polar surface area (TPSA) is 86.7 Å². The number of carbonyl (C=O) groups excluding carboxylic acids is 2. The first kappa shape index (κ1) is 11.9. The maximum Gasteiger partial charge on any atom is 0.305 e. The van der Waals surface area contributed by atoms with Crippen molar-refractivity contribution in [2.24, 2.45) is 5.92 Å². The molecule has 94 valence electrons. The van der Waals surface area contributed by atoms with Crippen molar-refractivity contribution in [3.8, 4) is 0 Å². The summed E-state index contributed by atoms with van der Waals surface area (Å²) in [5, 5.41) is 11.4. The van der Waals surface area contributed by atoms with Crippen LogP contribution in [-0.4, -0.2) is 46.9 Å². The lowest BCUT2D eigenvalue weighted by Gasteiger charge is -2.25. The Morgan fingerprint density at radius 2 is 2.24 bits per heavy atom. The predicted molar refractivity (Wildman–Crippen MR) is 58.1 cm³/mol. The Kier molecular flexibility index (Phi) is 3.31. The largest absolute Gasteiger partial charge is 0.481 e. The standard InChI is InChI=1S/C11H16N2O4/c14-9-4-7(6-12-9)11(17)13-3-1-2-8(13)5-10(15)16/h7-8H,1-6H2,(H,12,14)(H,15,16). The van der Waals surface area contributed by atoms with Gasteiger partial charge in [0.15, 0.2) is 0 Å². The van der Waals surface area contributed by atoms with Crippen molar-refractivity contribution in [2.75, 3.05) is 13.1 Å². The minimum absolute atomic E-state index is 0.000164. The first-order valence-electron chi connectivity index (χ1n) is 5.87. The van der Waals surface area contributed by atoms with Crippen LogP contribution in [0.1, 0.15) is 25.7 Å². The number of rotatable bonds is 3. The van der Waals surface area contributed by atoms with Crippen molar-refractivity contribution < 1.29 is 19.5 Å². The van der Waals surface area contributed by atoms with Gasteiger partial charge in [-0.1, -0.05) is 0 Å². The summed E-state index contributed by atoms with van der Waals surface area (Å²) in [5.41, 5.74) is 0. The average molecular weight is 240 g/mol. The van der Waals surface area contributed by atoms with E-state index in [0.717, 1.165) is 12.8 Å². The summed E-state index contributed by atoms with van der Waals surface area (Å²) < 4.78 is 0. The molecule has 2 unspecified atom stereocenters. The summed E-state index contributed by atoms with van der Waals surface area (Å²) in [6.07, 6.45) is 1.82. The zero-order chi connectivity index (χ0) is 12.4. The molecule has 2 saturated heterocycles. The van der Waals surface area contributed by atoms with Gasteiger partial charge in [0, 0.05) is 25.6 Å². The SMILES string of the molecule is O=C(O)CC1CCCN1C(=O)C1CNC(=O)C1. The molecule has 2 rings (SSSR count). The van der Waals surface area contributed by atoms with Gasteiger partial charge in [-0.3, -0.25) is 14.4 Å². The van der Waals surface area contributed by atoms with Gasteiger partial charge in [-0.15, -0.1) is 0 Å². The highest BCUT2D eigenvalue weighted by Crippen LogP contribution is 2.24. The molecule has 0 bridgehead atoms. The van der Waals surface area contributed by atoms with E-state index in [0.29, 0.717) is 13.1 Å². The molecule has 2 heterocycles. The fraction of sp³-hybridized carbons (Fsp3) is 0.727. The molecule has 0 aromatic carbocycles. The van der Waals surface area contributed by atoms with Crippen molar-refractivity contribution in [1.82, 2.24) is 10.2 Å². The highest BCUT2D eigenvalue weighted by Gasteiger charge is 2.37. The fourth-order valence-electron chi connectivity index (χ4n) is 2.55. The van der Waals surface area contributed by atoms with E-state index < -0.39 is 5.97 Å². The van der Waals surface area contributed by atoms with E-state index in [-0.39, 0.29) is 36.6 Å². The Morgan fingerprint density at radius 1 is 1.47 bits per heavy atom. The van der Waals surface area contributed by atoms with Gasteiger partial charge in [0.25, 0.3) is 0 Å². The van der Waals surface area contributed by atoms with Crippen LogP contribution in [0.15, 0.2) is 0 Å². The number of carboxylic acid groups (broad SMARTS) is 1. The van der Waals surface area contributed by atoms with E-state index in [1.807, 2.05) is 0 Å². The molecule has 2 amide bonds. The highest BCUT2D eigenvalue weighted by atomic mass is 16.4. The maximum absolute atomic E-state index is 12.1. The highest BCUT2D eigenvalue weighted by molar-refractivity contribution is 5.89. The van der Waals surface area contributed by atoms with E-state index in [1.165, 1.54) is 0 Å². The van der Waals surface area contributed by atoms with Crippen molar-refractivity contribution in [3.63, 3.8) is 0 Å². The summed E-state index contributed by atoms with van der Waals surface area (Å²) in [6.45, 7) is 0.995. The van der Waals surface area contributed by atoms with Crippen LogP contribution in [0, 0.1) is 5.92 Å². The lowest BCUT2D eigenvalue weighted by atomic mass is 10.1. The second-order valence-corrected chi connectivity index (χ2v) is 4.63. The van der Waals surface area contributed by atoms with Gasteiger partial charge < -0.3 is 15.3 Å². The number of carboxylic acids is 1. The lowest BCUT2D eigenvalue weighted by molar-refractivity contribution is -0.141. The van der Waals surface area contributed by atoms with Gasteiger partial charge >= 0.3 is 5.97 Å². The molecule has 0 aromatic rings. The van der Waals surface area contributed by atoms with Crippen molar-refractivity contribution in [1.29, 1.82) is 0 Å². The number of aliphatic carboxylic acids is 1. The van der Waals surface area contributed by atoms with E-state index in [4.69, 9.17) is 5.11 Å². The van der Waals surface area contributed by atoms with E-state index in [1.54, 1.807) is 4.90 Å². The van der Waals surface area contributed by atoms with Gasteiger partial charge in [-0.2, -0.15) is 0 Å². The molecule has 6 nitrogen and oxygen atoms in total. The van der Waals surface area contributed by atoms with Crippen molar-refractivity contribution >= 4 is 17.8 Å². The third-order valence-corrected chi connectivity index (χ3v) is 3.40. The van der Waals surface area contributed by atoms with Crippen LogP contribution in [0.3, 0.4) is 0 Å². The molecule has 0 radical (unpaired) electrons. The Bertz CT molecular complexity index is 355. The quantitative estimate of drug-likeness (QED) is 0.702. The average Bonchev–Trinajstić information content (AvgIpc) is 2.85. The number of nitrogens with one attached hydrogen (secondary N) is 1.